The highest BCUT2D eigenvalue weighted by molar-refractivity contribution is 5.99. The van der Waals surface area contributed by atoms with E-state index in [1.165, 1.54) is 0 Å². The summed E-state index contributed by atoms with van der Waals surface area (Å²) < 4.78 is 0. The van der Waals surface area contributed by atoms with Crippen LogP contribution in [0.3, 0.4) is 0 Å². The number of fused-ring (bicyclic) bond motifs is 2. The summed E-state index contributed by atoms with van der Waals surface area (Å²) >= 11 is 0. The van der Waals surface area contributed by atoms with Crippen molar-refractivity contribution in [1.82, 2.24) is 20.3 Å². The molecule has 0 atom stereocenters. The van der Waals surface area contributed by atoms with Crippen molar-refractivity contribution in [3.8, 4) is 11.3 Å². The number of carbonyl (C=O) groups excluding carboxylic acids is 1. The van der Waals surface area contributed by atoms with Gasteiger partial charge in [-0.15, -0.1) is 0 Å². The zero-order valence-corrected chi connectivity index (χ0v) is 10.2. The molecule has 0 bridgehead atoms. The first kappa shape index (κ1) is 10.4. The maximum atomic E-state index is 11.8. The SMILES string of the molecule is O=C1NCCc2[nH]c(-c3ccnc4[nH]ccc34)cc21. The Morgan fingerprint density at radius 3 is 3.05 bits per heavy atom. The summed E-state index contributed by atoms with van der Waals surface area (Å²) in [6.07, 6.45) is 4.49. The largest absolute Gasteiger partial charge is 0.358 e. The molecule has 4 heterocycles. The van der Waals surface area contributed by atoms with E-state index in [2.05, 4.69) is 20.3 Å². The van der Waals surface area contributed by atoms with Gasteiger partial charge in [0.25, 0.3) is 5.91 Å². The van der Waals surface area contributed by atoms with Crippen molar-refractivity contribution in [3.05, 3.63) is 41.9 Å². The van der Waals surface area contributed by atoms with Crippen molar-refractivity contribution in [1.29, 1.82) is 0 Å². The Bertz CT molecular complexity index is 784. The number of aromatic amines is 2. The molecule has 0 radical (unpaired) electrons. The molecule has 1 aliphatic rings. The van der Waals surface area contributed by atoms with E-state index in [9.17, 15) is 4.79 Å². The fourth-order valence-electron chi connectivity index (χ4n) is 2.63. The number of nitrogens with zero attached hydrogens (tertiary/aromatic N) is 1. The molecular formula is C14H12N4O. The van der Waals surface area contributed by atoms with E-state index < -0.39 is 0 Å². The normalized spacial score (nSPS) is 14.4. The number of rotatable bonds is 1. The van der Waals surface area contributed by atoms with Crippen LogP contribution in [0.5, 0.6) is 0 Å². The summed E-state index contributed by atoms with van der Waals surface area (Å²) in [5, 5.41) is 3.91. The molecule has 3 N–H and O–H groups in total. The van der Waals surface area contributed by atoms with Gasteiger partial charge in [-0.1, -0.05) is 0 Å². The molecule has 3 aromatic rings. The molecule has 94 valence electrons. The minimum absolute atomic E-state index is 0.00289. The number of hydrogen-bond donors (Lipinski definition) is 3. The van der Waals surface area contributed by atoms with Crippen molar-refractivity contribution in [3.63, 3.8) is 0 Å². The van der Waals surface area contributed by atoms with Gasteiger partial charge in [-0.05, 0) is 18.2 Å². The fourth-order valence-corrected chi connectivity index (χ4v) is 2.63. The smallest absolute Gasteiger partial charge is 0.253 e. The van der Waals surface area contributed by atoms with Crippen LogP contribution in [0.4, 0.5) is 0 Å². The first-order valence-electron chi connectivity index (χ1n) is 6.25. The van der Waals surface area contributed by atoms with Gasteiger partial charge in [-0.2, -0.15) is 0 Å². The van der Waals surface area contributed by atoms with Crippen molar-refractivity contribution in [2.45, 2.75) is 6.42 Å². The summed E-state index contributed by atoms with van der Waals surface area (Å²) in [6.45, 7) is 0.696. The molecule has 19 heavy (non-hydrogen) atoms. The maximum absolute atomic E-state index is 11.8. The zero-order valence-electron chi connectivity index (χ0n) is 10.2. The molecule has 0 fully saturated rings. The highest BCUT2D eigenvalue weighted by atomic mass is 16.1. The van der Waals surface area contributed by atoms with Gasteiger partial charge in [0, 0.05) is 47.7 Å². The van der Waals surface area contributed by atoms with Crippen LogP contribution >= 0.6 is 0 Å². The molecule has 0 saturated heterocycles. The third kappa shape index (κ3) is 1.48. The standard InChI is InChI=1S/C14H12N4O/c19-14-10-7-12(18-11(10)3-6-17-14)8-1-4-15-13-9(8)2-5-16-13/h1-2,4-5,7,18H,3,6H2,(H,15,16)(H,17,19). The number of carbonyl (C=O) groups is 1. The lowest BCUT2D eigenvalue weighted by atomic mass is 10.1. The average molecular weight is 252 g/mol. The number of H-pyrrole nitrogens is 2. The summed E-state index contributed by atoms with van der Waals surface area (Å²) in [5.74, 6) is 0.00289. The van der Waals surface area contributed by atoms with Crippen LogP contribution in [0.15, 0.2) is 30.6 Å². The molecule has 5 heteroatoms. The number of pyridine rings is 1. The van der Waals surface area contributed by atoms with Gasteiger partial charge in [-0.3, -0.25) is 4.79 Å². The summed E-state index contributed by atoms with van der Waals surface area (Å²) in [4.78, 5) is 22.5. The number of aromatic nitrogens is 3. The Labute approximate surface area is 109 Å². The van der Waals surface area contributed by atoms with E-state index >= 15 is 0 Å². The van der Waals surface area contributed by atoms with Crippen LogP contribution in [0.2, 0.25) is 0 Å². The Balaban J connectivity index is 1.93. The minimum Gasteiger partial charge on any atom is -0.358 e. The van der Waals surface area contributed by atoms with Crippen molar-refractivity contribution >= 4 is 16.9 Å². The van der Waals surface area contributed by atoms with E-state index in [1.54, 1.807) is 6.20 Å². The molecular weight excluding hydrogens is 240 g/mol. The summed E-state index contributed by atoms with van der Waals surface area (Å²) in [6, 6.07) is 5.88. The molecule has 3 aromatic heterocycles. The second kappa shape index (κ2) is 3.71. The molecule has 0 spiro atoms. The Morgan fingerprint density at radius 2 is 2.16 bits per heavy atom. The second-order valence-electron chi connectivity index (χ2n) is 4.68. The van der Waals surface area contributed by atoms with Gasteiger partial charge in [0.15, 0.2) is 0 Å². The maximum Gasteiger partial charge on any atom is 0.253 e. The van der Waals surface area contributed by atoms with Gasteiger partial charge in [0.05, 0.1) is 5.56 Å². The first-order chi connectivity index (χ1) is 9.33. The van der Waals surface area contributed by atoms with Crippen LogP contribution in [-0.4, -0.2) is 27.4 Å². The van der Waals surface area contributed by atoms with Crippen molar-refractivity contribution in [2.24, 2.45) is 0 Å². The topological polar surface area (TPSA) is 73.6 Å². The molecule has 1 amide bonds. The lowest BCUT2D eigenvalue weighted by Crippen LogP contribution is -2.31. The molecule has 5 nitrogen and oxygen atoms in total. The van der Waals surface area contributed by atoms with E-state index in [4.69, 9.17) is 0 Å². The molecule has 0 unspecified atom stereocenters. The van der Waals surface area contributed by atoms with E-state index in [0.717, 1.165) is 40.0 Å². The third-order valence-corrected chi connectivity index (χ3v) is 3.55. The van der Waals surface area contributed by atoms with Crippen LogP contribution in [-0.2, 0) is 6.42 Å². The van der Waals surface area contributed by atoms with Gasteiger partial charge in [0.1, 0.15) is 5.65 Å². The van der Waals surface area contributed by atoms with Crippen LogP contribution in [0, 0.1) is 0 Å². The molecule has 0 aliphatic carbocycles. The van der Waals surface area contributed by atoms with Crippen LogP contribution < -0.4 is 5.32 Å². The highest BCUT2D eigenvalue weighted by Gasteiger charge is 2.20. The Hall–Kier alpha value is -2.56. The predicted octanol–water partition coefficient (Wildman–Crippen LogP) is 1.84. The van der Waals surface area contributed by atoms with Gasteiger partial charge < -0.3 is 15.3 Å². The van der Waals surface area contributed by atoms with Gasteiger partial charge in [0.2, 0.25) is 0 Å². The van der Waals surface area contributed by atoms with E-state index in [0.29, 0.717) is 6.54 Å². The Morgan fingerprint density at radius 1 is 1.21 bits per heavy atom. The summed E-state index contributed by atoms with van der Waals surface area (Å²) in [5.41, 5.74) is 4.65. The average Bonchev–Trinajstić information content (AvgIpc) is 3.05. The third-order valence-electron chi connectivity index (χ3n) is 3.55. The first-order valence-corrected chi connectivity index (χ1v) is 6.25. The van der Waals surface area contributed by atoms with Gasteiger partial charge in [-0.25, -0.2) is 4.98 Å². The van der Waals surface area contributed by atoms with Crippen molar-refractivity contribution in [2.75, 3.05) is 6.54 Å². The molecule has 0 saturated carbocycles. The quantitative estimate of drug-likeness (QED) is 0.618. The lowest BCUT2D eigenvalue weighted by molar-refractivity contribution is 0.0946. The van der Waals surface area contributed by atoms with E-state index in [-0.39, 0.29) is 5.91 Å². The van der Waals surface area contributed by atoms with Crippen LogP contribution in [0.1, 0.15) is 16.1 Å². The molecule has 1 aliphatic heterocycles. The fraction of sp³-hybridized carbons (Fsp3) is 0.143. The lowest BCUT2D eigenvalue weighted by Gasteiger charge is -2.10. The monoisotopic (exact) mass is 252 g/mol. The Kier molecular flexibility index (Phi) is 2.03. The molecule has 4 rings (SSSR count). The number of nitrogens with one attached hydrogen (secondary N) is 3. The van der Waals surface area contributed by atoms with Crippen LogP contribution in [0.25, 0.3) is 22.3 Å². The van der Waals surface area contributed by atoms with Crippen molar-refractivity contribution < 1.29 is 4.79 Å². The minimum atomic E-state index is 0.00289. The highest BCUT2D eigenvalue weighted by Crippen LogP contribution is 2.28. The predicted molar refractivity (Wildman–Crippen MR) is 71.9 cm³/mol. The summed E-state index contributed by atoms with van der Waals surface area (Å²) in [7, 11) is 0. The van der Waals surface area contributed by atoms with E-state index in [1.807, 2.05) is 24.4 Å². The number of hydrogen-bond acceptors (Lipinski definition) is 2. The van der Waals surface area contributed by atoms with Gasteiger partial charge >= 0.3 is 0 Å². The number of amides is 1. The zero-order chi connectivity index (χ0) is 12.8. The molecule has 0 aromatic carbocycles. The second-order valence-corrected chi connectivity index (χ2v) is 4.68.